The van der Waals surface area contributed by atoms with E-state index in [1.807, 2.05) is 35.2 Å². The summed E-state index contributed by atoms with van der Waals surface area (Å²) in [5.74, 6) is 0.698. The van der Waals surface area contributed by atoms with E-state index >= 15 is 0 Å². The molecule has 1 amide bonds. The standard InChI is InChI=1S/C24H25N3O/c28-24(20-12-10-19(11-13-20)18-6-2-1-3-7-18)27-16-21-8-5-15-26(21)17-22-23(27)9-4-14-25-22/h4-5,8-15,18H,1-3,6-7,16-17H2. The first-order chi connectivity index (χ1) is 13.8. The molecule has 1 fully saturated rings. The van der Waals surface area contributed by atoms with Crippen LogP contribution in [0.25, 0.3) is 0 Å². The molecule has 0 bridgehead atoms. The number of amides is 1. The van der Waals surface area contributed by atoms with Crippen LogP contribution in [0.1, 0.15) is 65.3 Å². The molecule has 1 aliphatic heterocycles. The van der Waals surface area contributed by atoms with Crippen molar-refractivity contribution in [1.29, 1.82) is 0 Å². The van der Waals surface area contributed by atoms with E-state index in [1.165, 1.54) is 37.7 Å². The van der Waals surface area contributed by atoms with Crippen LogP contribution in [0.5, 0.6) is 0 Å². The molecule has 0 radical (unpaired) electrons. The second kappa shape index (κ2) is 7.27. The Morgan fingerprint density at radius 2 is 1.75 bits per heavy atom. The lowest BCUT2D eigenvalue weighted by atomic mass is 9.84. The van der Waals surface area contributed by atoms with Crippen molar-refractivity contribution in [3.63, 3.8) is 0 Å². The average molecular weight is 371 g/mol. The first-order valence-corrected chi connectivity index (χ1v) is 10.3. The van der Waals surface area contributed by atoms with Crippen molar-refractivity contribution < 1.29 is 4.79 Å². The summed E-state index contributed by atoms with van der Waals surface area (Å²) in [6, 6.07) is 16.4. The molecular weight excluding hydrogens is 346 g/mol. The van der Waals surface area contributed by atoms with Gasteiger partial charge in [-0.05, 0) is 60.7 Å². The van der Waals surface area contributed by atoms with Gasteiger partial charge in [0.05, 0.1) is 24.5 Å². The molecule has 0 unspecified atom stereocenters. The number of fused-ring (bicyclic) bond motifs is 2. The van der Waals surface area contributed by atoms with Crippen molar-refractivity contribution in [1.82, 2.24) is 9.55 Å². The Morgan fingerprint density at radius 3 is 2.57 bits per heavy atom. The monoisotopic (exact) mass is 371 g/mol. The van der Waals surface area contributed by atoms with Gasteiger partial charge in [-0.2, -0.15) is 0 Å². The van der Waals surface area contributed by atoms with Crippen LogP contribution in [-0.4, -0.2) is 15.5 Å². The van der Waals surface area contributed by atoms with Crippen LogP contribution in [-0.2, 0) is 13.1 Å². The fraction of sp³-hybridized carbons (Fsp3) is 0.333. The fourth-order valence-electron chi connectivity index (χ4n) is 4.62. The van der Waals surface area contributed by atoms with Crippen LogP contribution in [0.15, 0.2) is 60.9 Å². The smallest absolute Gasteiger partial charge is 0.258 e. The summed E-state index contributed by atoms with van der Waals surface area (Å²) in [5, 5.41) is 0. The molecule has 1 aromatic carbocycles. The molecule has 1 saturated carbocycles. The molecule has 4 heteroatoms. The van der Waals surface area contributed by atoms with Gasteiger partial charge in [-0.15, -0.1) is 0 Å². The number of hydrogen-bond acceptors (Lipinski definition) is 2. The topological polar surface area (TPSA) is 38.1 Å². The highest BCUT2D eigenvalue weighted by atomic mass is 16.2. The van der Waals surface area contributed by atoms with Crippen LogP contribution >= 0.6 is 0 Å². The molecule has 2 aromatic heterocycles. The lowest BCUT2D eigenvalue weighted by Crippen LogP contribution is -2.30. The Balaban J connectivity index is 1.45. The maximum Gasteiger partial charge on any atom is 0.258 e. The Hall–Kier alpha value is -2.88. The molecule has 0 N–H and O–H groups in total. The third-order valence-corrected chi connectivity index (χ3v) is 6.20. The number of aromatic nitrogens is 2. The molecule has 3 aromatic rings. The second-order valence-corrected chi connectivity index (χ2v) is 7.94. The minimum absolute atomic E-state index is 0.0408. The Bertz CT molecular complexity index is 983. The molecule has 0 atom stereocenters. The highest BCUT2D eigenvalue weighted by molar-refractivity contribution is 6.06. The highest BCUT2D eigenvalue weighted by Gasteiger charge is 2.25. The predicted octanol–water partition coefficient (Wildman–Crippen LogP) is 5.14. The minimum atomic E-state index is 0.0408. The van der Waals surface area contributed by atoms with E-state index in [1.54, 1.807) is 6.20 Å². The summed E-state index contributed by atoms with van der Waals surface area (Å²) in [6.07, 6.45) is 10.4. The molecule has 28 heavy (non-hydrogen) atoms. The van der Waals surface area contributed by atoms with E-state index in [2.05, 4.69) is 33.9 Å². The molecule has 0 spiro atoms. The quantitative estimate of drug-likeness (QED) is 0.626. The van der Waals surface area contributed by atoms with Crippen LogP contribution in [0.2, 0.25) is 0 Å². The first-order valence-electron chi connectivity index (χ1n) is 10.3. The third kappa shape index (κ3) is 3.13. The molecule has 3 heterocycles. The summed E-state index contributed by atoms with van der Waals surface area (Å²) in [6.45, 7) is 1.26. The zero-order chi connectivity index (χ0) is 18.9. The molecule has 5 rings (SSSR count). The third-order valence-electron chi connectivity index (χ3n) is 6.20. The molecule has 142 valence electrons. The van der Waals surface area contributed by atoms with Crippen LogP contribution in [0, 0.1) is 0 Å². The lowest BCUT2D eigenvalue weighted by Gasteiger charge is -2.24. The molecule has 4 nitrogen and oxygen atoms in total. The van der Waals surface area contributed by atoms with Crippen molar-refractivity contribution >= 4 is 11.6 Å². The van der Waals surface area contributed by atoms with E-state index < -0.39 is 0 Å². The first kappa shape index (κ1) is 17.2. The SMILES string of the molecule is O=C(c1ccc(C2CCCCC2)cc1)N1Cc2cccn2Cc2ncccc21. The van der Waals surface area contributed by atoms with Gasteiger partial charge in [0.25, 0.3) is 5.91 Å². The Morgan fingerprint density at radius 1 is 0.929 bits per heavy atom. The van der Waals surface area contributed by atoms with E-state index in [0.29, 0.717) is 19.0 Å². The molecule has 2 aliphatic rings. The molecular formula is C24H25N3O. The van der Waals surface area contributed by atoms with Gasteiger partial charge in [0.15, 0.2) is 0 Å². The Kier molecular flexibility index (Phi) is 4.47. The van der Waals surface area contributed by atoms with E-state index in [0.717, 1.165) is 22.6 Å². The van der Waals surface area contributed by atoms with Crippen molar-refractivity contribution in [3.05, 3.63) is 83.4 Å². The van der Waals surface area contributed by atoms with Crippen molar-refractivity contribution in [2.24, 2.45) is 0 Å². The molecule has 1 aliphatic carbocycles. The van der Waals surface area contributed by atoms with Gasteiger partial charge >= 0.3 is 0 Å². The van der Waals surface area contributed by atoms with E-state index in [9.17, 15) is 4.79 Å². The summed E-state index contributed by atoms with van der Waals surface area (Å²) in [5.41, 5.74) is 5.10. The van der Waals surface area contributed by atoms with Gasteiger partial charge in [0, 0.05) is 23.7 Å². The fourth-order valence-corrected chi connectivity index (χ4v) is 4.62. The van der Waals surface area contributed by atoms with Gasteiger partial charge in [0.1, 0.15) is 0 Å². The van der Waals surface area contributed by atoms with Crippen LogP contribution < -0.4 is 4.90 Å². The number of rotatable bonds is 2. The van der Waals surface area contributed by atoms with E-state index in [-0.39, 0.29) is 5.91 Å². The largest absolute Gasteiger partial charge is 0.344 e. The normalized spacial score (nSPS) is 16.9. The maximum atomic E-state index is 13.4. The minimum Gasteiger partial charge on any atom is -0.344 e. The van der Waals surface area contributed by atoms with Crippen molar-refractivity contribution in [2.45, 2.75) is 51.1 Å². The second-order valence-electron chi connectivity index (χ2n) is 7.94. The zero-order valence-corrected chi connectivity index (χ0v) is 16.1. The van der Waals surface area contributed by atoms with Gasteiger partial charge in [-0.25, -0.2) is 0 Å². The van der Waals surface area contributed by atoms with Gasteiger partial charge < -0.3 is 9.47 Å². The number of pyridine rings is 1. The lowest BCUT2D eigenvalue weighted by molar-refractivity contribution is 0.0985. The number of benzene rings is 1. The van der Waals surface area contributed by atoms with Gasteiger partial charge in [-0.1, -0.05) is 31.4 Å². The van der Waals surface area contributed by atoms with Gasteiger partial charge in [0.2, 0.25) is 0 Å². The summed E-state index contributed by atoms with van der Waals surface area (Å²) in [7, 11) is 0. The number of anilines is 1. The number of nitrogens with zero attached hydrogens (tertiary/aromatic N) is 3. The maximum absolute atomic E-state index is 13.4. The predicted molar refractivity (Wildman–Crippen MR) is 111 cm³/mol. The summed E-state index contributed by atoms with van der Waals surface area (Å²) in [4.78, 5) is 19.8. The summed E-state index contributed by atoms with van der Waals surface area (Å²) >= 11 is 0. The number of carbonyl (C=O) groups is 1. The van der Waals surface area contributed by atoms with Crippen molar-refractivity contribution in [3.8, 4) is 0 Å². The Labute approximate surface area is 165 Å². The van der Waals surface area contributed by atoms with Crippen molar-refractivity contribution in [2.75, 3.05) is 4.90 Å². The van der Waals surface area contributed by atoms with Gasteiger partial charge in [-0.3, -0.25) is 9.78 Å². The average Bonchev–Trinajstić information content (AvgIpc) is 3.13. The number of hydrogen-bond donors (Lipinski definition) is 0. The zero-order valence-electron chi connectivity index (χ0n) is 16.1. The number of carbonyl (C=O) groups excluding carboxylic acids is 1. The van der Waals surface area contributed by atoms with Crippen LogP contribution in [0.4, 0.5) is 5.69 Å². The highest BCUT2D eigenvalue weighted by Crippen LogP contribution is 2.33. The molecule has 0 saturated heterocycles. The van der Waals surface area contributed by atoms with Crippen LogP contribution in [0.3, 0.4) is 0 Å². The van der Waals surface area contributed by atoms with E-state index in [4.69, 9.17) is 0 Å². The summed E-state index contributed by atoms with van der Waals surface area (Å²) < 4.78 is 2.17.